The van der Waals surface area contributed by atoms with Gasteiger partial charge in [0, 0.05) is 11.3 Å². The number of rotatable bonds is 3. The lowest BCUT2D eigenvalue weighted by Gasteiger charge is -2.29. The molecule has 10 heteroatoms. The van der Waals surface area contributed by atoms with E-state index in [4.69, 9.17) is 9.47 Å². The summed E-state index contributed by atoms with van der Waals surface area (Å²) in [7, 11) is 0. The third-order valence-electron chi connectivity index (χ3n) is 2.87. The summed E-state index contributed by atoms with van der Waals surface area (Å²) in [6.07, 6.45) is -6.21. The molecule has 7 nitrogen and oxygen atoms in total. The minimum Gasteiger partial charge on any atom is -0.443 e. The Balaban J connectivity index is 3.27. The van der Waals surface area contributed by atoms with Gasteiger partial charge in [0.2, 0.25) is 0 Å². The van der Waals surface area contributed by atoms with Gasteiger partial charge in [-0.15, -0.1) is 13.2 Å². The number of amides is 2. The monoisotopic (exact) mass is 406 g/mol. The first kappa shape index (κ1) is 23.5. The normalized spacial score (nSPS) is 12.4. The van der Waals surface area contributed by atoms with Crippen molar-refractivity contribution in [3.63, 3.8) is 0 Å². The Morgan fingerprint density at radius 3 is 1.86 bits per heavy atom. The van der Waals surface area contributed by atoms with Gasteiger partial charge < -0.3 is 14.2 Å². The van der Waals surface area contributed by atoms with Crippen LogP contribution in [0.4, 0.5) is 22.8 Å². The smallest absolute Gasteiger partial charge is 0.443 e. The van der Waals surface area contributed by atoms with Crippen molar-refractivity contribution in [2.24, 2.45) is 0 Å². The number of hydrogen-bond donors (Lipinski definition) is 0. The van der Waals surface area contributed by atoms with Crippen LogP contribution in [0.25, 0.3) is 0 Å². The van der Waals surface area contributed by atoms with E-state index in [-0.39, 0.29) is 5.56 Å². The molecule has 0 aliphatic carbocycles. The van der Waals surface area contributed by atoms with Gasteiger partial charge in [0.25, 0.3) is 0 Å². The minimum atomic E-state index is -4.96. The van der Waals surface area contributed by atoms with Gasteiger partial charge in [-0.3, -0.25) is 4.98 Å². The molecule has 0 fully saturated rings. The number of carbonyl (C=O) groups excluding carboxylic acids is 2. The molecular formula is C18H25F3N2O5. The first-order chi connectivity index (χ1) is 12.5. The summed E-state index contributed by atoms with van der Waals surface area (Å²) in [5, 5.41) is 0. The number of carbonyl (C=O) groups is 2. The Kier molecular flexibility index (Phi) is 6.92. The average Bonchev–Trinajstić information content (AvgIpc) is 2.41. The Morgan fingerprint density at radius 2 is 1.46 bits per heavy atom. The van der Waals surface area contributed by atoms with Crippen LogP contribution in [0, 0.1) is 6.92 Å². The number of hydrogen-bond acceptors (Lipinski definition) is 6. The lowest BCUT2D eigenvalue weighted by atomic mass is 10.2. The largest absolute Gasteiger partial charge is 0.573 e. The molecule has 0 spiro atoms. The molecule has 1 aromatic heterocycles. The van der Waals surface area contributed by atoms with Crippen LogP contribution >= 0.6 is 0 Å². The van der Waals surface area contributed by atoms with Crippen LogP contribution in [0.5, 0.6) is 5.75 Å². The summed E-state index contributed by atoms with van der Waals surface area (Å²) < 4.78 is 52.4. The molecule has 1 heterocycles. The van der Waals surface area contributed by atoms with E-state index in [0.29, 0.717) is 10.6 Å². The van der Waals surface area contributed by atoms with Gasteiger partial charge >= 0.3 is 18.5 Å². The Labute approximate surface area is 161 Å². The molecule has 0 saturated heterocycles. The number of nitrogens with zero attached hydrogens (tertiary/aromatic N) is 2. The molecule has 158 valence electrons. The third-order valence-corrected chi connectivity index (χ3v) is 2.87. The van der Waals surface area contributed by atoms with E-state index in [9.17, 15) is 22.8 Å². The lowest BCUT2D eigenvalue weighted by molar-refractivity contribution is -0.275. The predicted octanol–water partition coefficient (Wildman–Crippen LogP) is 4.96. The quantitative estimate of drug-likeness (QED) is 0.706. The van der Waals surface area contributed by atoms with Crippen molar-refractivity contribution in [1.29, 1.82) is 0 Å². The van der Waals surface area contributed by atoms with Gasteiger partial charge in [0.15, 0.2) is 5.75 Å². The van der Waals surface area contributed by atoms with Crippen LogP contribution in [0.1, 0.15) is 52.8 Å². The van der Waals surface area contributed by atoms with Crippen molar-refractivity contribution < 1.29 is 37.0 Å². The van der Waals surface area contributed by atoms with E-state index in [1.165, 1.54) is 6.07 Å². The van der Waals surface area contributed by atoms with Gasteiger partial charge in [0.1, 0.15) is 11.2 Å². The molecule has 1 aromatic rings. The molecule has 0 aromatic carbocycles. The second kappa shape index (κ2) is 8.24. The topological polar surface area (TPSA) is 78.0 Å². The maximum Gasteiger partial charge on any atom is 0.573 e. The van der Waals surface area contributed by atoms with Gasteiger partial charge in [0.05, 0.1) is 12.7 Å². The number of imide groups is 1. The Hall–Kier alpha value is -2.52. The van der Waals surface area contributed by atoms with Crippen molar-refractivity contribution in [1.82, 2.24) is 9.88 Å². The molecular weight excluding hydrogens is 381 g/mol. The van der Waals surface area contributed by atoms with Crippen LogP contribution in [0.15, 0.2) is 12.3 Å². The highest BCUT2D eigenvalue weighted by Crippen LogP contribution is 2.28. The minimum absolute atomic E-state index is 0.0819. The second-order valence-electron chi connectivity index (χ2n) is 8.03. The third kappa shape index (κ3) is 8.45. The highest BCUT2D eigenvalue weighted by Gasteiger charge is 2.35. The number of alkyl halides is 3. The molecule has 0 atom stereocenters. The SMILES string of the molecule is Cc1cc(CN(C(=O)OC(C)(C)C)C(=O)OC(C)(C)C)c(OC(F)(F)F)cn1. The zero-order valence-corrected chi connectivity index (χ0v) is 16.9. The van der Waals surface area contributed by atoms with Crippen molar-refractivity contribution >= 4 is 12.2 Å². The van der Waals surface area contributed by atoms with Gasteiger partial charge in [-0.1, -0.05) is 0 Å². The first-order valence-electron chi connectivity index (χ1n) is 8.41. The van der Waals surface area contributed by atoms with Gasteiger partial charge in [-0.25, -0.2) is 14.5 Å². The summed E-state index contributed by atoms with van der Waals surface area (Å²) in [5.74, 6) is -0.629. The van der Waals surface area contributed by atoms with Crippen molar-refractivity contribution in [3.05, 3.63) is 23.5 Å². The summed E-state index contributed by atoms with van der Waals surface area (Å²) >= 11 is 0. The fourth-order valence-electron chi connectivity index (χ4n) is 1.95. The van der Waals surface area contributed by atoms with E-state index in [0.717, 1.165) is 6.20 Å². The van der Waals surface area contributed by atoms with Crippen LogP contribution in [-0.4, -0.2) is 39.6 Å². The Bertz CT molecular complexity index is 693. The molecule has 0 aliphatic heterocycles. The fraction of sp³-hybridized carbons (Fsp3) is 0.611. The van der Waals surface area contributed by atoms with E-state index in [1.807, 2.05) is 0 Å². The molecule has 1 rings (SSSR count). The highest BCUT2D eigenvalue weighted by molar-refractivity contribution is 5.88. The fourth-order valence-corrected chi connectivity index (χ4v) is 1.95. The summed E-state index contributed by atoms with van der Waals surface area (Å²) in [6.45, 7) is 10.5. The molecule has 0 N–H and O–H groups in total. The average molecular weight is 406 g/mol. The van der Waals surface area contributed by atoms with Crippen molar-refractivity contribution in [2.75, 3.05) is 0 Å². The molecule has 0 bridgehead atoms. The summed E-state index contributed by atoms with van der Waals surface area (Å²) in [4.78, 5) is 29.3. The number of aryl methyl sites for hydroxylation is 1. The molecule has 2 amide bonds. The lowest BCUT2D eigenvalue weighted by Crippen LogP contribution is -2.43. The molecule has 0 aliphatic rings. The summed E-state index contributed by atoms with van der Waals surface area (Å²) in [5.41, 5.74) is -1.58. The van der Waals surface area contributed by atoms with Crippen LogP contribution in [-0.2, 0) is 16.0 Å². The first-order valence-corrected chi connectivity index (χ1v) is 8.41. The van der Waals surface area contributed by atoms with E-state index >= 15 is 0 Å². The van der Waals surface area contributed by atoms with Crippen LogP contribution < -0.4 is 4.74 Å². The maximum absolute atomic E-state index is 12.7. The maximum atomic E-state index is 12.7. The van der Waals surface area contributed by atoms with Crippen molar-refractivity contribution in [2.45, 2.75) is 72.6 Å². The zero-order chi connectivity index (χ0) is 21.9. The van der Waals surface area contributed by atoms with E-state index in [2.05, 4.69) is 9.72 Å². The van der Waals surface area contributed by atoms with Gasteiger partial charge in [-0.05, 0) is 54.5 Å². The summed E-state index contributed by atoms with van der Waals surface area (Å²) in [6, 6.07) is 1.28. The molecule has 0 unspecified atom stereocenters. The van der Waals surface area contributed by atoms with E-state index in [1.54, 1.807) is 48.5 Å². The number of halogens is 3. The molecule has 28 heavy (non-hydrogen) atoms. The number of pyridine rings is 1. The second-order valence-corrected chi connectivity index (χ2v) is 8.03. The van der Waals surface area contributed by atoms with Gasteiger partial charge in [-0.2, -0.15) is 0 Å². The number of ether oxygens (including phenoxy) is 3. The van der Waals surface area contributed by atoms with Crippen LogP contribution in [0.2, 0.25) is 0 Å². The van der Waals surface area contributed by atoms with E-state index < -0.39 is 42.0 Å². The predicted molar refractivity (Wildman–Crippen MR) is 93.7 cm³/mol. The zero-order valence-electron chi connectivity index (χ0n) is 16.9. The number of aromatic nitrogens is 1. The standard InChI is InChI=1S/C18H25F3N2O5/c1-11-8-12(13(9-22-11)26-18(19,20)21)10-23(14(24)27-16(2,3)4)15(25)28-17(5,6)7/h8-9H,10H2,1-7H3. The molecule has 0 saturated carbocycles. The van der Waals surface area contributed by atoms with Crippen LogP contribution in [0.3, 0.4) is 0 Å². The highest BCUT2D eigenvalue weighted by atomic mass is 19.4. The Morgan fingerprint density at radius 1 is 1.00 bits per heavy atom. The molecule has 0 radical (unpaired) electrons. The van der Waals surface area contributed by atoms with Crippen molar-refractivity contribution in [3.8, 4) is 5.75 Å².